The number of aliphatic hydroxyl groups excluding tert-OH is 1. The zero-order valence-electron chi connectivity index (χ0n) is 16.9. The van der Waals surface area contributed by atoms with E-state index in [9.17, 15) is 10.2 Å². The number of benzene rings is 2. The Hall–Kier alpha value is -1.81. The maximum absolute atomic E-state index is 9.52. The number of aliphatic hydroxyl groups is 2. The van der Waals surface area contributed by atoms with Gasteiger partial charge in [0.15, 0.2) is 6.29 Å². The molecule has 1 aliphatic rings. The van der Waals surface area contributed by atoms with Crippen LogP contribution in [0.25, 0.3) is 5.57 Å². The minimum atomic E-state index is -1.29. The maximum Gasteiger partial charge on any atom is 0.153 e. The second kappa shape index (κ2) is 8.69. The lowest BCUT2D eigenvalue weighted by Gasteiger charge is -2.31. The summed E-state index contributed by atoms with van der Waals surface area (Å²) in [4.78, 5) is 2.37. The van der Waals surface area contributed by atoms with Crippen molar-refractivity contribution in [3.8, 4) is 0 Å². The van der Waals surface area contributed by atoms with E-state index < -0.39 is 6.29 Å². The number of halogens is 1. The fraction of sp³-hybridized carbons (Fsp3) is 0.417. The molecule has 0 aromatic heterocycles. The number of rotatable bonds is 6. The molecule has 4 heteroatoms. The first-order valence-corrected chi connectivity index (χ1v) is 10.3. The van der Waals surface area contributed by atoms with E-state index in [1.54, 1.807) is 0 Å². The third kappa shape index (κ3) is 5.16. The van der Waals surface area contributed by atoms with Crippen LogP contribution >= 0.6 is 11.6 Å². The molecule has 1 atom stereocenters. The molecule has 0 radical (unpaired) electrons. The van der Waals surface area contributed by atoms with Gasteiger partial charge in [-0.15, -0.1) is 0 Å². The molecule has 2 aromatic rings. The molecule has 1 unspecified atom stereocenters. The zero-order chi connectivity index (χ0) is 20.3. The molecule has 3 rings (SSSR count). The summed E-state index contributed by atoms with van der Waals surface area (Å²) < 4.78 is 0. The molecule has 0 spiro atoms. The van der Waals surface area contributed by atoms with Crippen molar-refractivity contribution >= 4 is 17.2 Å². The molecule has 1 heterocycles. The molecule has 0 saturated carbocycles. The second-order valence-corrected chi connectivity index (χ2v) is 9.07. The number of allylic oxidation sites excluding steroid dienone is 2. The Kier molecular flexibility index (Phi) is 6.49. The molecule has 2 aromatic carbocycles. The minimum Gasteiger partial charge on any atom is -0.371 e. The minimum absolute atomic E-state index is 0.0562. The van der Waals surface area contributed by atoms with E-state index in [2.05, 4.69) is 62.1 Å². The van der Waals surface area contributed by atoms with E-state index in [-0.39, 0.29) is 11.5 Å². The third-order valence-corrected chi connectivity index (χ3v) is 5.69. The molecule has 150 valence electrons. The van der Waals surface area contributed by atoms with Crippen molar-refractivity contribution in [2.45, 2.75) is 52.4 Å². The smallest absolute Gasteiger partial charge is 0.153 e. The molecule has 3 nitrogen and oxygen atoms in total. The third-order valence-electron chi connectivity index (χ3n) is 5.44. The molecule has 1 fully saturated rings. The topological polar surface area (TPSA) is 43.7 Å². The molecular weight excluding hydrogens is 370 g/mol. The first-order valence-electron chi connectivity index (χ1n) is 9.90. The van der Waals surface area contributed by atoms with Crippen molar-refractivity contribution in [2.24, 2.45) is 5.41 Å². The first kappa shape index (κ1) is 20.9. The second-order valence-electron chi connectivity index (χ2n) is 8.63. The molecule has 0 amide bonds. The van der Waals surface area contributed by atoms with Crippen LogP contribution in [0.15, 0.2) is 60.3 Å². The fourth-order valence-electron chi connectivity index (χ4n) is 4.12. The van der Waals surface area contributed by atoms with E-state index in [4.69, 9.17) is 11.6 Å². The summed E-state index contributed by atoms with van der Waals surface area (Å²) in [5.41, 5.74) is 5.18. The van der Waals surface area contributed by atoms with Crippen LogP contribution in [0.4, 0.5) is 0 Å². The van der Waals surface area contributed by atoms with Gasteiger partial charge in [-0.25, -0.2) is 0 Å². The lowest BCUT2D eigenvalue weighted by atomic mass is 9.88. The highest BCUT2D eigenvalue weighted by atomic mass is 35.5. The SMILES string of the molecule is CC(CC(O)O)N1CC(C)(C)C/C1=C(/Cc1ccc(Cl)cc1)c1ccccc1. The number of hydrogen-bond acceptors (Lipinski definition) is 3. The summed E-state index contributed by atoms with van der Waals surface area (Å²) in [6.07, 6.45) is 0.827. The summed E-state index contributed by atoms with van der Waals surface area (Å²) in [7, 11) is 0. The predicted molar refractivity (Wildman–Crippen MR) is 116 cm³/mol. The van der Waals surface area contributed by atoms with Gasteiger partial charge < -0.3 is 15.1 Å². The van der Waals surface area contributed by atoms with Crippen LogP contribution in [-0.4, -0.2) is 34.0 Å². The quantitative estimate of drug-likeness (QED) is 0.663. The van der Waals surface area contributed by atoms with Gasteiger partial charge in [0.1, 0.15) is 0 Å². The fourth-order valence-corrected chi connectivity index (χ4v) is 4.24. The Balaban J connectivity index is 2.06. The van der Waals surface area contributed by atoms with Gasteiger partial charge in [-0.3, -0.25) is 0 Å². The average molecular weight is 400 g/mol. The summed E-state index contributed by atoms with van der Waals surface area (Å²) in [5, 5.41) is 19.8. The van der Waals surface area contributed by atoms with Crippen molar-refractivity contribution in [1.29, 1.82) is 0 Å². The number of likely N-dealkylation sites (tertiary alicyclic amines) is 1. The predicted octanol–water partition coefficient (Wildman–Crippen LogP) is 5.12. The molecule has 1 aliphatic heterocycles. The largest absolute Gasteiger partial charge is 0.371 e. The van der Waals surface area contributed by atoms with E-state index in [0.29, 0.717) is 6.42 Å². The Morgan fingerprint density at radius 2 is 1.71 bits per heavy atom. The molecule has 0 aliphatic carbocycles. The number of hydrogen-bond donors (Lipinski definition) is 2. The van der Waals surface area contributed by atoms with Crippen LogP contribution in [0.1, 0.15) is 44.7 Å². The maximum atomic E-state index is 9.52. The highest BCUT2D eigenvalue weighted by molar-refractivity contribution is 6.30. The van der Waals surface area contributed by atoms with Gasteiger partial charge in [0.05, 0.1) is 0 Å². The summed E-state index contributed by atoms with van der Waals surface area (Å²) in [5.74, 6) is 0. The summed E-state index contributed by atoms with van der Waals surface area (Å²) >= 11 is 6.08. The molecule has 2 N–H and O–H groups in total. The normalized spacial score (nSPS) is 19.2. The van der Waals surface area contributed by atoms with Crippen LogP contribution < -0.4 is 0 Å². The number of nitrogens with zero attached hydrogens (tertiary/aromatic N) is 1. The van der Waals surface area contributed by atoms with Crippen LogP contribution in [0.3, 0.4) is 0 Å². The highest BCUT2D eigenvalue weighted by Crippen LogP contribution is 2.42. The molecule has 1 saturated heterocycles. The van der Waals surface area contributed by atoms with Crippen molar-refractivity contribution in [3.63, 3.8) is 0 Å². The van der Waals surface area contributed by atoms with Crippen molar-refractivity contribution < 1.29 is 10.2 Å². The van der Waals surface area contributed by atoms with Crippen LogP contribution in [0, 0.1) is 5.41 Å². The molecule has 28 heavy (non-hydrogen) atoms. The van der Waals surface area contributed by atoms with Gasteiger partial charge >= 0.3 is 0 Å². The first-order chi connectivity index (χ1) is 13.2. The van der Waals surface area contributed by atoms with Gasteiger partial charge in [0, 0.05) is 29.7 Å². The van der Waals surface area contributed by atoms with Crippen molar-refractivity contribution in [1.82, 2.24) is 4.90 Å². The monoisotopic (exact) mass is 399 g/mol. The van der Waals surface area contributed by atoms with Gasteiger partial charge in [0.25, 0.3) is 0 Å². The standard InChI is InChI=1S/C24H30ClNO2/c1-17(13-23(27)28)26-16-24(2,3)15-22(26)21(19-7-5-4-6-8-19)14-18-9-11-20(25)12-10-18/h4-12,17,23,27-28H,13-16H2,1-3H3/b22-21+. The Labute approximate surface area is 173 Å². The van der Waals surface area contributed by atoms with Gasteiger partial charge in [-0.1, -0.05) is 67.9 Å². The summed E-state index contributed by atoms with van der Waals surface area (Å²) in [6.45, 7) is 7.54. The zero-order valence-corrected chi connectivity index (χ0v) is 17.7. The van der Waals surface area contributed by atoms with Crippen LogP contribution in [0.2, 0.25) is 5.02 Å². The Morgan fingerprint density at radius 1 is 1.07 bits per heavy atom. The lowest BCUT2D eigenvalue weighted by Crippen LogP contribution is -2.34. The van der Waals surface area contributed by atoms with Gasteiger partial charge in [0.2, 0.25) is 0 Å². The van der Waals surface area contributed by atoms with E-state index in [1.807, 2.05) is 18.2 Å². The highest BCUT2D eigenvalue weighted by Gasteiger charge is 2.37. The summed E-state index contributed by atoms with van der Waals surface area (Å²) in [6, 6.07) is 18.6. The lowest BCUT2D eigenvalue weighted by molar-refractivity contribution is -0.0575. The Morgan fingerprint density at radius 3 is 2.32 bits per heavy atom. The van der Waals surface area contributed by atoms with Gasteiger partial charge in [-0.2, -0.15) is 0 Å². The van der Waals surface area contributed by atoms with E-state index >= 15 is 0 Å². The molecule has 0 bridgehead atoms. The van der Waals surface area contributed by atoms with E-state index in [0.717, 1.165) is 24.4 Å². The van der Waals surface area contributed by atoms with E-state index in [1.165, 1.54) is 22.4 Å². The van der Waals surface area contributed by atoms with Crippen LogP contribution in [0.5, 0.6) is 0 Å². The Bertz CT molecular complexity index is 812. The van der Waals surface area contributed by atoms with Crippen molar-refractivity contribution in [2.75, 3.05) is 6.54 Å². The van der Waals surface area contributed by atoms with Gasteiger partial charge in [-0.05, 0) is 54.0 Å². The van der Waals surface area contributed by atoms with Crippen LogP contribution in [-0.2, 0) is 6.42 Å². The molecular formula is C24H30ClNO2. The average Bonchev–Trinajstić information content (AvgIpc) is 2.97. The van der Waals surface area contributed by atoms with Crippen molar-refractivity contribution in [3.05, 3.63) is 76.4 Å².